The van der Waals surface area contributed by atoms with Gasteiger partial charge in [0.15, 0.2) is 0 Å². The number of anilines is 1. The molecule has 0 spiro atoms. The van der Waals surface area contributed by atoms with Gasteiger partial charge in [-0.3, -0.25) is 9.59 Å². The van der Waals surface area contributed by atoms with Crippen molar-refractivity contribution >= 4 is 23.6 Å². The molecule has 1 fully saturated rings. The molecule has 1 aliphatic rings. The molecule has 0 radical (unpaired) electrons. The van der Waals surface area contributed by atoms with Crippen LogP contribution in [0.2, 0.25) is 0 Å². The number of amides is 2. The largest absolute Gasteiger partial charge is 0.349 e. The summed E-state index contributed by atoms with van der Waals surface area (Å²) in [5, 5.41) is 5.74. The standard InChI is InChI=1S/C21H21FN2O2/c22-16-7-5-6-15(14-16)12-13-20(25)24-19-11-4-3-10-18(19)21(26)23-17-8-1-2-9-17/h3-7,10-14,17H,1-2,8-9H2,(H,23,26)(H,24,25)/b13-12+. The third kappa shape index (κ3) is 4.79. The van der Waals surface area contributed by atoms with E-state index in [1.807, 2.05) is 0 Å². The van der Waals surface area contributed by atoms with Crippen molar-refractivity contribution in [1.29, 1.82) is 0 Å². The summed E-state index contributed by atoms with van der Waals surface area (Å²) in [5.41, 5.74) is 1.48. The molecule has 2 amide bonds. The highest BCUT2D eigenvalue weighted by atomic mass is 19.1. The first-order valence-corrected chi connectivity index (χ1v) is 8.76. The molecule has 2 N–H and O–H groups in total. The maximum atomic E-state index is 13.2. The zero-order valence-electron chi connectivity index (χ0n) is 14.4. The summed E-state index contributed by atoms with van der Waals surface area (Å²) in [4.78, 5) is 24.7. The first kappa shape index (κ1) is 17.9. The zero-order valence-corrected chi connectivity index (χ0v) is 14.4. The Morgan fingerprint density at radius 1 is 1.04 bits per heavy atom. The van der Waals surface area contributed by atoms with Gasteiger partial charge in [0.05, 0.1) is 11.3 Å². The fourth-order valence-corrected chi connectivity index (χ4v) is 3.08. The van der Waals surface area contributed by atoms with Crippen LogP contribution in [0, 0.1) is 5.82 Å². The average Bonchev–Trinajstić information content (AvgIpc) is 3.13. The number of halogens is 1. The lowest BCUT2D eigenvalue weighted by Gasteiger charge is -2.14. The van der Waals surface area contributed by atoms with Gasteiger partial charge in [-0.1, -0.05) is 37.1 Å². The predicted molar refractivity (Wildman–Crippen MR) is 100 cm³/mol. The zero-order chi connectivity index (χ0) is 18.4. The van der Waals surface area contributed by atoms with Gasteiger partial charge in [0.25, 0.3) is 5.91 Å². The van der Waals surface area contributed by atoms with Gasteiger partial charge < -0.3 is 10.6 Å². The Kier molecular flexibility index (Phi) is 5.79. The molecular formula is C21H21FN2O2. The Morgan fingerprint density at radius 2 is 1.81 bits per heavy atom. The van der Waals surface area contributed by atoms with Gasteiger partial charge in [0, 0.05) is 12.1 Å². The molecule has 4 nitrogen and oxygen atoms in total. The molecule has 0 aromatic heterocycles. The molecule has 0 saturated heterocycles. The maximum absolute atomic E-state index is 13.2. The van der Waals surface area contributed by atoms with Gasteiger partial charge in [-0.25, -0.2) is 4.39 Å². The molecule has 5 heteroatoms. The third-order valence-electron chi connectivity index (χ3n) is 4.40. The van der Waals surface area contributed by atoms with Crippen molar-refractivity contribution in [3.63, 3.8) is 0 Å². The van der Waals surface area contributed by atoms with Crippen LogP contribution >= 0.6 is 0 Å². The van der Waals surface area contributed by atoms with E-state index in [1.54, 1.807) is 36.4 Å². The number of carbonyl (C=O) groups is 2. The van der Waals surface area contributed by atoms with E-state index in [2.05, 4.69) is 10.6 Å². The van der Waals surface area contributed by atoms with Gasteiger partial charge >= 0.3 is 0 Å². The van der Waals surface area contributed by atoms with E-state index in [0.717, 1.165) is 25.7 Å². The highest BCUT2D eigenvalue weighted by Crippen LogP contribution is 2.20. The molecule has 0 aliphatic heterocycles. The van der Waals surface area contributed by atoms with Gasteiger partial charge in [0.1, 0.15) is 5.82 Å². The van der Waals surface area contributed by atoms with E-state index >= 15 is 0 Å². The summed E-state index contributed by atoms with van der Waals surface area (Å²) in [7, 11) is 0. The molecule has 1 aliphatic carbocycles. The molecule has 0 unspecified atom stereocenters. The summed E-state index contributed by atoms with van der Waals surface area (Å²) in [6.07, 6.45) is 7.11. The molecule has 0 bridgehead atoms. The van der Waals surface area contributed by atoms with Crippen molar-refractivity contribution in [1.82, 2.24) is 5.32 Å². The van der Waals surface area contributed by atoms with Crippen LogP contribution in [0.1, 0.15) is 41.6 Å². The first-order valence-electron chi connectivity index (χ1n) is 8.76. The number of nitrogens with one attached hydrogen (secondary N) is 2. The van der Waals surface area contributed by atoms with Crippen LogP contribution in [0.4, 0.5) is 10.1 Å². The second-order valence-corrected chi connectivity index (χ2v) is 6.38. The number of hydrogen-bond acceptors (Lipinski definition) is 2. The molecule has 0 heterocycles. The van der Waals surface area contributed by atoms with E-state index in [-0.39, 0.29) is 23.7 Å². The van der Waals surface area contributed by atoms with Crippen LogP contribution in [0.3, 0.4) is 0 Å². The quantitative estimate of drug-likeness (QED) is 0.794. The SMILES string of the molecule is O=C(/C=C/c1cccc(F)c1)Nc1ccccc1C(=O)NC1CCCC1. The molecule has 134 valence electrons. The summed E-state index contributed by atoms with van der Waals surface area (Å²) in [5.74, 6) is -0.918. The van der Waals surface area contributed by atoms with E-state index in [0.29, 0.717) is 16.8 Å². The van der Waals surface area contributed by atoms with Crippen LogP contribution in [0.15, 0.2) is 54.6 Å². The second kappa shape index (κ2) is 8.43. The molecule has 2 aromatic rings. The lowest BCUT2D eigenvalue weighted by Crippen LogP contribution is -2.33. The summed E-state index contributed by atoms with van der Waals surface area (Å²) < 4.78 is 13.2. The number of hydrogen-bond donors (Lipinski definition) is 2. The van der Waals surface area contributed by atoms with Crippen LogP contribution in [-0.2, 0) is 4.79 Å². The van der Waals surface area contributed by atoms with E-state index < -0.39 is 0 Å². The fourth-order valence-electron chi connectivity index (χ4n) is 3.08. The van der Waals surface area contributed by atoms with Crippen molar-refractivity contribution in [3.8, 4) is 0 Å². The molecule has 1 saturated carbocycles. The summed E-state index contributed by atoms with van der Waals surface area (Å²) >= 11 is 0. The van der Waals surface area contributed by atoms with Gasteiger partial charge in [-0.15, -0.1) is 0 Å². The Bertz CT molecular complexity index is 826. The molecule has 26 heavy (non-hydrogen) atoms. The molecule has 2 aromatic carbocycles. The molecule has 0 atom stereocenters. The Hall–Kier alpha value is -2.95. The van der Waals surface area contributed by atoms with E-state index in [9.17, 15) is 14.0 Å². The minimum atomic E-state index is -0.379. The van der Waals surface area contributed by atoms with Crippen LogP contribution in [0.25, 0.3) is 6.08 Å². The Morgan fingerprint density at radius 3 is 2.58 bits per heavy atom. The van der Waals surface area contributed by atoms with E-state index in [1.165, 1.54) is 24.3 Å². The maximum Gasteiger partial charge on any atom is 0.253 e. The highest BCUT2D eigenvalue weighted by molar-refractivity contribution is 6.07. The Balaban J connectivity index is 1.67. The van der Waals surface area contributed by atoms with Crippen molar-refractivity contribution < 1.29 is 14.0 Å². The average molecular weight is 352 g/mol. The lowest BCUT2D eigenvalue weighted by atomic mass is 10.1. The summed E-state index contributed by atoms with van der Waals surface area (Å²) in [6.45, 7) is 0. The van der Waals surface area contributed by atoms with Gasteiger partial charge in [-0.2, -0.15) is 0 Å². The van der Waals surface area contributed by atoms with E-state index in [4.69, 9.17) is 0 Å². The number of para-hydroxylation sites is 1. The fraction of sp³-hybridized carbons (Fsp3) is 0.238. The van der Waals surface area contributed by atoms with Crippen LogP contribution in [0.5, 0.6) is 0 Å². The van der Waals surface area contributed by atoms with Gasteiger partial charge in [0.2, 0.25) is 5.91 Å². The topological polar surface area (TPSA) is 58.2 Å². The van der Waals surface area contributed by atoms with Crippen LogP contribution < -0.4 is 10.6 Å². The van der Waals surface area contributed by atoms with Crippen molar-refractivity contribution in [3.05, 3.63) is 71.6 Å². The number of rotatable bonds is 5. The van der Waals surface area contributed by atoms with Crippen molar-refractivity contribution in [2.45, 2.75) is 31.7 Å². The minimum Gasteiger partial charge on any atom is -0.349 e. The normalized spacial score (nSPS) is 14.5. The van der Waals surface area contributed by atoms with Crippen molar-refractivity contribution in [2.75, 3.05) is 5.32 Å². The van der Waals surface area contributed by atoms with Crippen LogP contribution in [-0.4, -0.2) is 17.9 Å². The summed E-state index contributed by atoms with van der Waals surface area (Å²) in [6, 6.07) is 13.1. The lowest BCUT2D eigenvalue weighted by molar-refractivity contribution is -0.111. The number of benzene rings is 2. The molecule has 3 rings (SSSR count). The van der Waals surface area contributed by atoms with Crippen molar-refractivity contribution in [2.24, 2.45) is 0 Å². The Labute approximate surface area is 152 Å². The smallest absolute Gasteiger partial charge is 0.253 e. The third-order valence-corrected chi connectivity index (χ3v) is 4.40. The molecular weight excluding hydrogens is 331 g/mol. The monoisotopic (exact) mass is 352 g/mol. The minimum absolute atomic E-state index is 0.179. The first-order chi connectivity index (χ1) is 12.6. The highest BCUT2D eigenvalue weighted by Gasteiger charge is 2.19. The number of carbonyl (C=O) groups excluding carboxylic acids is 2. The predicted octanol–water partition coefficient (Wildman–Crippen LogP) is 4.15. The van der Waals surface area contributed by atoms with Gasteiger partial charge in [-0.05, 0) is 48.7 Å². The second-order valence-electron chi connectivity index (χ2n) is 6.38.